The Morgan fingerprint density at radius 3 is 2.69 bits per heavy atom. The number of halogens is 1. The first-order valence-corrected chi connectivity index (χ1v) is 9.38. The quantitative estimate of drug-likeness (QED) is 0.916. The molecule has 6 heteroatoms. The van der Waals surface area contributed by atoms with Crippen LogP contribution in [0, 0.1) is 11.7 Å². The van der Waals surface area contributed by atoms with Crippen LogP contribution in [0.4, 0.5) is 4.39 Å². The molecule has 0 spiro atoms. The van der Waals surface area contributed by atoms with Gasteiger partial charge in [0.2, 0.25) is 0 Å². The summed E-state index contributed by atoms with van der Waals surface area (Å²) in [7, 11) is 0. The Kier molecular flexibility index (Phi) is 4.66. The molecule has 2 aromatic rings. The molecule has 1 amide bonds. The Morgan fingerprint density at radius 1 is 1.23 bits per heavy atom. The lowest BCUT2D eigenvalue weighted by Gasteiger charge is -2.32. The normalized spacial score (nSPS) is 20.7. The van der Waals surface area contributed by atoms with Crippen molar-refractivity contribution in [3.63, 3.8) is 0 Å². The average molecular weight is 357 g/mol. The van der Waals surface area contributed by atoms with E-state index in [9.17, 15) is 9.18 Å². The zero-order valence-electron chi connectivity index (χ0n) is 15.0. The number of hydrogen-bond acceptors (Lipinski definition) is 3. The van der Waals surface area contributed by atoms with E-state index < -0.39 is 0 Å². The summed E-state index contributed by atoms with van der Waals surface area (Å²) in [6.45, 7) is 3.53. The van der Waals surface area contributed by atoms with Crippen molar-refractivity contribution < 1.29 is 13.9 Å². The highest BCUT2D eigenvalue weighted by molar-refractivity contribution is 5.94. The number of ether oxygens (including phenoxy) is 1. The molecular formula is C20H24FN3O2. The van der Waals surface area contributed by atoms with Crippen LogP contribution in [-0.4, -0.2) is 40.2 Å². The van der Waals surface area contributed by atoms with Crippen molar-refractivity contribution in [3.05, 3.63) is 47.0 Å². The van der Waals surface area contributed by atoms with Crippen LogP contribution < -0.4 is 4.74 Å². The summed E-state index contributed by atoms with van der Waals surface area (Å²) < 4.78 is 18.9. The number of nitrogens with one attached hydrogen (secondary N) is 1. The van der Waals surface area contributed by atoms with Gasteiger partial charge in [0.15, 0.2) is 5.69 Å². The summed E-state index contributed by atoms with van der Waals surface area (Å²) in [5, 5.41) is 7.38. The van der Waals surface area contributed by atoms with Crippen LogP contribution in [-0.2, 0) is 12.8 Å². The minimum absolute atomic E-state index is 0.0248. The van der Waals surface area contributed by atoms with E-state index in [2.05, 4.69) is 17.1 Å². The van der Waals surface area contributed by atoms with Crippen LogP contribution in [0.15, 0.2) is 24.3 Å². The Hall–Kier alpha value is -2.37. The molecule has 0 saturated carbocycles. The van der Waals surface area contributed by atoms with Crippen LogP contribution in [0.3, 0.4) is 0 Å². The lowest BCUT2D eigenvalue weighted by atomic mass is 9.87. The molecule has 1 aliphatic heterocycles. The van der Waals surface area contributed by atoms with E-state index in [0.29, 0.717) is 30.5 Å². The highest BCUT2D eigenvalue weighted by Crippen LogP contribution is 2.28. The van der Waals surface area contributed by atoms with Crippen molar-refractivity contribution in [3.8, 4) is 5.75 Å². The topological polar surface area (TPSA) is 58.2 Å². The van der Waals surface area contributed by atoms with Crippen LogP contribution >= 0.6 is 0 Å². The van der Waals surface area contributed by atoms with Gasteiger partial charge in [-0.25, -0.2) is 4.39 Å². The van der Waals surface area contributed by atoms with Gasteiger partial charge in [-0.3, -0.25) is 9.89 Å². The number of rotatable bonds is 3. The molecule has 5 nitrogen and oxygen atoms in total. The molecule has 1 atom stereocenters. The summed E-state index contributed by atoms with van der Waals surface area (Å²) in [5.41, 5.74) is 2.84. The average Bonchev–Trinajstić information content (AvgIpc) is 3.06. The van der Waals surface area contributed by atoms with Gasteiger partial charge < -0.3 is 9.64 Å². The SMILES string of the molecule is C[C@H]1CCc2[nH]nc(C(=O)N3CCC(Oc4ccc(F)cc4)CC3)c2C1. The summed E-state index contributed by atoms with van der Waals surface area (Å²) in [6.07, 6.45) is 4.65. The molecule has 4 rings (SSSR count). The third kappa shape index (κ3) is 3.45. The Balaban J connectivity index is 1.37. The third-order valence-corrected chi connectivity index (χ3v) is 5.44. The van der Waals surface area contributed by atoms with E-state index in [1.807, 2.05) is 4.90 Å². The number of aryl methyl sites for hydroxylation is 1. The minimum Gasteiger partial charge on any atom is -0.490 e. The zero-order valence-corrected chi connectivity index (χ0v) is 15.0. The lowest BCUT2D eigenvalue weighted by Crippen LogP contribution is -2.42. The van der Waals surface area contributed by atoms with E-state index in [1.165, 1.54) is 12.1 Å². The second-order valence-corrected chi connectivity index (χ2v) is 7.44. The second kappa shape index (κ2) is 7.09. The number of fused-ring (bicyclic) bond motifs is 1. The molecule has 1 N–H and O–H groups in total. The van der Waals surface area contributed by atoms with Gasteiger partial charge in [0.1, 0.15) is 17.7 Å². The van der Waals surface area contributed by atoms with Crippen molar-refractivity contribution in [2.75, 3.05) is 13.1 Å². The first-order valence-electron chi connectivity index (χ1n) is 9.38. The smallest absolute Gasteiger partial charge is 0.274 e. The van der Waals surface area contributed by atoms with E-state index >= 15 is 0 Å². The molecule has 2 heterocycles. The van der Waals surface area contributed by atoms with E-state index in [1.54, 1.807) is 12.1 Å². The second-order valence-electron chi connectivity index (χ2n) is 7.44. The molecular weight excluding hydrogens is 333 g/mol. The summed E-state index contributed by atoms with van der Waals surface area (Å²) in [4.78, 5) is 14.8. The number of carbonyl (C=O) groups is 1. The predicted octanol–water partition coefficient (Wildman–Crippen LogP) is 3.36. The fourth-order valence-electron chi connectivity index (χ4n) is 3.88. The van der Waals surface area contributed by atoms with Gasteiger partial charge in [-0.15, -0.1) is 0 Å². The third-order valence-electron chi connectivity index (χ3n) is 5.44. The first-order chi connectivity index (χ1) is 12.6. The number of H-pyrrole nitrogens is 1. The molecule has 0 bridgehead atoms. The van der Waals surface area contributed by atoms with E-state index in [-0.39, 0.29) is 17.8 Å². The number of amides is 1. The molecule has 1 fully saturated rings. The highest BCUT2D eigenvalue weighted by Gasteiger charge is 2.30. The fourth-order valence-corrected chi connectivity index (χ4v) is 3.88. The summed E-state index contributed by atoms with van der Waals surface area (Å²) >= 11 is 0. The number of nitrogens with zero attached hydrogens (tertiary/aromatic N) is 2. The summed E-state index contributed by atoms with van der Waals surface area (Å²) in [5.74, 6) is 1.03. The Bertz CT molecular complexity index is 779. The van der Waals surface area contributed by atoms with Gasteiger partial charge in [-0.1, -0.05) is 6.92 Å². The number of aromatic amines is 1. The molecule has 2 aliphatic rings. The molecule has 138 valence electrons. The van der Waals surface area contributed by atoms with Crippen LogP contribution in [0.1, 0.15) is 47.9 Å². The lowest BCUT2D eigenvalue weighted by molar-refractivity contribution is 0.0588. The maximum atomic E-state index is 13.0. The van der Waals surface area contributed by atoms with Gasteiger partial charge in [0.05, 0.1) is 0 Å². The number of hydrogen-bond donors (Lipinski definition) is 1. The highest BCUT2D eigenvalue weighted by atomic mass is 19.1. The molecule has 0 unspecified atom stereocenters. The van der Waals surface area contributed by atoms with Gasteiger partial charge in [-0.2, -0.15) is 5.10 Å². The molecule has 1 saturated heterocycles. The summed E-state index contributed by atoms with van der Waals surface area (Å²) in [6, 6.07) is 6.08. The standard InChI is InChI=1S/C20H24FN3O2/c1-13-2-7-18-17(12-13)19(23-22-18)20(25)24-10-8-16(9-11-24)26-15-5-3-14(21)4-6-15/h3-6,13,16H,2,7-12H2,1H3,(H,22,23)/t13-/m0/s1. The van der Waals surface area contributed by atoms with E-state index in [0.717, 1.165) is 43.4 Å². The molecule has 1 aliphatic carbocycles. The van der Waals surface area contributed by atoms with Crippen molar-refractivity contribution in [1.29, 1.82) is 0 Å². The molecule has 0 radical (unpaired) electrons. The maximum Gasteiger partial charge on any atom is 0.274 e. The monoisotopic (exact) mass is 357 g/mol. The van der Waals surface area contributed by atoms with Crippen LogP contribution in [0.5, 0.6) is 5.75 Å². The number of piperidine rings is 1. The number of aromatic nitrogens is 2. The van der Waals surface area contributed by atoms with Crippen molar-refractivity contribution >= 4 is 5.91 Å². The molecule has 1 aromatic heterocycles. The number of benzene rings is 1. The Morgan fingerprint density at radius 2 is 1.96 bits per heavy atom. The van der Waals surface area contributed by atoms with Gasteiger partial charge >= 0.3 is 0 Å². The first kappa shape index (κ1) is 17.1. The number of likely N-dealkylation sites (tertiary alicyclic amines) is 1. The Labute approximate surface area is 152 Å². The maximum absolute atomic E-state index is 13.0. The van der Waals surface area contributed by atoms with Crippen molar-refractivity contribution in [1.82, 2.24) is 15.1 Å². The van der Waals surface area contributed by atoms with E-state index in [4.69, 9.17) is 4.74 Å². The van der Waals surface area contributed by atoms with Crippen LogP contribution in [0.2, 0.25) is 0 Å². The largest absolute Gasteiger partial charge is 0.490 e. The van der Waals surface area contributed by atoms with Crippen molar-refractivity contribution in [2.24, 2.45) is 5.92 Å². The van der Waals surface area contributed by atoms with Gasteiger partial charge in [0, 0.05) is 37.2 Å². The van der Waals surface area contributed by atoms with Crippen molar-refractivity contribution in [2.45, 2.75) is 45.1 Å². The van der Waals surface area contributed by atoms with Gasteiger partial charge in [-0.05, 0) is 49.4 Å². The predicted molar refractivity (Wildman–Crippen MR) is 95.7 cm³/mol. The zero-order chi connectivity index (χ0) is 18.1. The molecule has 26 heavy (non-hydrogen) atoms. The van der Waals surface area contributed by atoms with Gasteiger partial charge in [0.25, 0.3) is 5.91 Å². The fraction of sp³-hybridized carbons (Fsp3) is 0.500. The minimum atomic E-state index is -0.269. The number of carbonyl (C=O) groups excluding carboxylic acids is 1. The van der Waals surface area contributed by atoms with Crippen LogP contribution in [0.25, 0.3) is 0 Å². The molecule has 1 aromatic carbocycles.